The van der Waals surface area contributed by atoms with Crippen molar-refractivity contribution in [2.75, 3.05) is 39.3 Å². The van der Waals surface area contributed by atoms with Crippen molar-refractivity contribution in [3.05, 3.63) is 28.8 Å². The second-order valence-corrected chi connectivity index (χ2v) is 5.30. The number of nitrogens with one attached hydrogen (secondary N) is 2. The molecule has 1 aromatic rings. The average molecular weight is 334 g/mol. The van der Waals surface area contributed by atoms with Gasteiger partial charge in [0.2, 0.25) is 0 Å². The average Bonchev–Trinajstić information content (AvgIpc) is 2.49. The highest BCUT2D eigenvalue weighted by molar-refractivity contribution is 6.31. The number of alkyl halides is 2. The number of carbonyl (C=O) groups is 1. The van der Waals surface area contributed by atoms with Crippen LogP contribution in [-0.4, -0.2) is 56.7 Å². The summed E-state index contributed by atoms with van der Waals surface area (Å²) in [5.41, 5.74) is 0.00751. The lowest BCUT2D eigenvalue weighted by molar-refractivity contribution is -0.0501. The van der Waals surface area contributed by atoms with Gasteiger partial charge in [0.25, 0.3) is 5.91 Å². The second-order valence-electron chi connectivity index (χ2n) is 4.87. The molecule has 0 aliphatic carbocycles. The molecule has 0 spiro atoms. The number of carbonyl (C=O) groups excluding carboxylic acids is 1. The largest absolute Gasteiger partial charge is 0.434 e. The molecule has 0 bridgehead atoms. The Morgan fingerprint density at radius 1 is 1.41 bits per heavy atom. The first-order chi connectivity index (χ1) is 10.6. The fourth-order valence-corrected chi connectivity index (χ4v) is 2.41. The molecule has 1 amide bonds. The van der Waals surface area contributed by atoms with Crippen LogP contribution in [0.3, 0.4) is 0 Å². The van der Waals surface area contributed by atoms with Crippen molar-refractivity contribution in [3.8, 4) is 5.75 Å². The lowest BCUT2D eigenvalue weighted by atomic mass is 10.2. The van der Waals surface area contributed by atoms with Crippen LogP contribution in [0, 0.1) is 0 Å². The van der Waals surface area contributed by atoms with Crippen molar-refractivity contribution in [2.45, 2.75) is 6.61 Å². The minimum atomic E-state index is -2.99. The van der Waals surface area contributed by atoms with Crippen molar-refractivity contribution < 1.29 is 18.3 Å². The number of halogens is 3. The molecular weight excluding hydrogens is 316 g/mol. The van der Waals surface area contributed by atoms with Crippen LogP contribution in [0.25, 0.3) is 0 Å². The Bertz CT molecular complexity index is 511. The molecule has 0 radical (unpaired) electrons. The van der Waals surface area contributed by atoms with E-state index in [2.05, 4.69) is 20.3 Å². The summed E-state index contributed by atoms with van der Waals surface area (Å²) >= 11 is 5.81. The smallest absolute Gasteiger partial charge is 0.387 e. The van der Waals surface area contributed by atoms with E-state index in [0.29, 0.717) is 13.1 Å². The van der Waals surface area contributed by atoms with Crippen molar-refractivity contribution in [2.24, 2.45) is 0 Å². The number of ether oxygens (including phenoxy) is 1. The summed E-state index contributed by atoms with van der Waals surface area (Å²) in [6, 6.07) is 3.98. The van der Waals surface area contributed by atoms with Crippen LogP contribution in [0.4, 0.5) is 8.78 Å². The zero-order valence-electron chi connectivity index (χ0n) is 11.9. The zero-order chi connectivity index (χ0) is 15.9. The van der Waals surface area contributed by atoms with Crippen LogP contribution >= 0.6 is 11.6 Å². The minimum absolute atomic E-state index is 0.00751. The molecule has 1 saturated heterocycles. The fraction of sp³-hybridized carbons (Fsp3) is 0.500. The molecule has 5 nitrogen and oxygen atoms in total. The maximum Gasteiger partial charge on any atom is 0.387 e. The standard InChI is InChI=1S/C14H18ClF2N3O2/c15-10-1-2-12(22-14(16)17)11(9-10)13(21)19-5-8-20-6-3-18-4-7-20/h1-2,9,14,18H,3-8H2,(H,19,21). The van der Waals surface area contributed by atoms with Crippen molar-refractivity contribution in [1.29, 1.82) is 0 Å². The maximum absolute atomic E-state index is 12.4. The Hall–Kier alpha value is -1.44. The summed E-state index contributed by atoms with van der Waals surface area (Å²) in [7, 11) is 0. The van der Waals surface area contributed by atoms with Crippen molar-refractivity contribution in [1.82, 2.24) is 15.5 Å². The van der Waals surface area contributed by atoms with Crippen LogP contribution in [0.2, 0.25) is 5.02 Å². The molecule has 1 fully saturated rings. The maximum atomic E-state index is 12.4. The van der Waals surface area contributed by atoms with Gasteiger partial charge in [0.1, 0.15) is 5.75 Å². The molecule has 1 heterocycles. The highest BCUT2D eigenvalue weighted by atomic mass is 35.5. The summed E-state index contributed by atoms with van der Waals surface area (Å²) in [4.78, 5) is 14.3. The Morgan fingerprint density at radius 3 is 2.82 bits per heavy atom. The van der Waals surface area contributed by atoms with Gasteiger partial charge in [0, 0.05) is 44.3 Å². The fourth-order valence-electron chi connectivity index (χ4n) is 2.24. The third-order valence-electron chi connectivity index (χ3n) is 3.33. The lowest BCUT2D eigenvalue weighted by Gasteiger charge is -2.27. The van der Waals surface area contributed by atoms with Crippen LogP contribution < -0.4 is 15.4 Å². The summed E-state index contributed by atoms with van der Waals surface area (Å²) in [6.07, 6.45) is 0. The van der Waals surface area contributed by atoms with Gasteiger partial charge in [-0.2, -0.15) is 8.78 Å². The quantitative estimate of drug-likeness (QED) is 0.830. The summed E-state index contributed by atoms with van der Waals surface area (Å²) in [5, 5.41) is 6.23. The molecule has 22 heavy (non-hydrogen) atoms. The SMILES string of the molecule is O=C(NCCN1CCNCC1)c1cc(Cl)ccc1OC(F)F. The topological polar surface area (TPSA) is 53.6 Å². The number of amides is 1. The monoisotopic (exact) mass is 333 g/mol. The van der Waals surface area contributed by atoms with Gasteiger partial charge in [-0.25, -0.2) is 0 Å². The van der Waals surface area contributed by atoms with E-state index in [1.165, 1.54) is 18.2 Å². The van der Waals surface area contributed by atoms with E-state index in [1.807, 2.05) is 0 Å². The van der Waals surface area contributed by atoms with Gasteiger partial charge in [-0.05, 0) is 18.2 Å². The van der Waals surface area contributed by atoms with E-state index in [0.717, 1.165) is 26.2 Å². The van der Waals surface area contributed by atoms with Gasteiger partial charge < -0.3 is 15.4 Å². The molecular formula is C14H18ClF2N3O2. The Morgan fingerprint density at radius 2 is 2.14 bits per heavy atom. The number of piperazine rings is 1. The van der Waals surface area contributed by atoms with Crippen molar-refractivity contribution >= 4 is 17.5 Å². The zero-order valence-corrected chi connectivity index (χ0v) is 12.7. The molecule has 0 unspecified atom stereocenters. The van der Waals surface area contributed by atoms with Gasteiger partial charge in [-0.15, -0.1) is 0 Å². The van der Waals surface area contributed by atoms with Gasteiger partial charge in [0.05, 0.1) is 5.56 Å². The predicted octanol–water partition coefficient (Wildman–Crippen LogP) is 1.58. The van der Waals surface area contributed by atoms with Gasteiger partial charge in [-0.3, -0.25) is 9.69 Å². The third kappa shape index (κ3) is 5.08. The first-order valence-electron chi connectivity index (χ1n) is 7.02. The number of nitrogens with zero attached hydrogens (tertiary/aromatic N) is 1. The summed E-state index contributed by atoms with van der Waals surface area (Å²) in [5.74, 6) is -0.660. The van der Waals surface area contributed by atoms with Crippen LogP contribution in [0.5, 0.6) is 5.75 Å². The van der Waals surface area contributed by atoms with E-state index in [4.69, 9.17) is 11.6 Å². The normalized spacial score (nSPS) is 15.8. The number of benzene rings is 1. The number of hydrogen-bond acceptors (Lipinski definition) is 4. The molecule has 2 N–H and O–H groups in total. The van der Waals surface area contributed by atoms with E-state index >= 15 is 0 Å². The number of hydrogen-bond donors (Lipinski definition) is 2. The first kappa shape index (κ1) is 16.9. The van der Waals surface area contributed by atoms with E-state index in [9.17, 15) is 13.6 Å². The lowest BCUT2D eigenvalue weighted by Crippen LogP contribution is -2.46. The molecule has 1 aliphatic heterocycles. The van der Waals surface area contributed by atoms with E-state index < -0.39 is 12.5 Å². The Balaban J connectivity index is 1.91. The molecule has 122 valence electrons. The highest BCUT2D eigenvalue weighted by Gasteiger charge is 2.17. The second kappa shape index (κ2) is 8.26. The van der Waals surface area contributed by atoms with E-state index in [-0.39, 0.29) is 16.3 Å². The Labute approximate surface area is 132 Å². The molecule has 1 aliphatic rings. The highest BCUT2D eigenvalue weighted by Crippen LogP contribution is 2.24. The van der Waals surface area contributed by atoms with Crippen LogP contribution in [0.1, 0.15) is 10.4 Å². The predicted molar refractivity (Wildman–Crippen MR) is 79.7 cm³/mol. The third-order valence-corrected chi connectivity index (χ3v) is 3.56. The molecule has 1 aromatic carbocycles. The van der Waals surface area contributed by atoms with Crippen LogP contribution in [0.15, 0.2) is 18.2 Å². The number of rotatable bonds is 6. The molecule has 2 rings (SSSR count). The van der Waals surface area contributed by atoms with Crippen molar-refractivity contribution in [3.63, 3.8) is 0 Å². The molecule has 0 atom stereocenters. The molecule has 8 heteroatoms. The first-order valence-corrected chi connectivity index (χ1v) is 7.39. The molecule has 0 aromatic heterocycles. The minimum Gasteiger partial charge on any atom is -0.434 e. The van der Waals surface area contributed by atoms with Gasteiger partial charge >= 0.3 is 6.61 Å². The Kier molecular flexibility index (Phi) is 6.35. The summed E-state index contributed by atoms with van der Waals surface area (Å²) in [6.45, 7) is 1.84. The molecule has 0 saturated carbocycles. The summed E-state index contributed by atoms with van der Waals surface area (Å²) < 4.78 is 29.1. The van der Waals surface area contributed by atoms with E-state index in [1.54, 1.807) is 0 Å². The van der Waals surface area contributed by atoms with Gasteiger partial charge in [0.15, 0.2) is 0 Å². The van der Waals surface area contributed by atoms with Gasteiger partial charge in [-0.1, -0.05) is 11.6 Å². The van der Waals surface area contributed by atoms with Crippen LogP contribution in [-0.2, 0) is 0 Å².